The molecular formula is C9H12O. The molecule has 1 fully saturated rings. The van der Waals surface area contributed by atoms with Crippen molar-refractivity contribution in [1.29, 1.82) is 0 Å². The van der Waals surface area contributed by atoms with E-state index in [9.17, 15) is 4.79 Å². The summed E-state index contributed by atoms with van der Waals surface area (Å²) in [5.41, 5.74) is 0. The van der Waals surface area contributed by atoms with Gasteiger partial charge in [-0.15, -0.1) is 0 Å². The summed E-state index contributed by atoms with van der Waals surface area (Å²) in [5, 5.41) is 0. The Hall–Kier alpha value is -0.590. The van der Waals surface area contributed by atoms with Gasteiger partial charge in [-0.25, -0.2) is 0 Å². The van der Waals surface area contributed by atoms with Gasteiger partial charge in [0.1, 0.15) is 6.29 Å². The number of fused-ring (bicyclic) bond motifs is 2. The molecule has 1 nitrogen and oxygen atoms in total. The van der Waals surface area contributed by atoms with Crippen molar-refractivity contribution in [2.24, 2.45) is 17.8 Å². The van der Waals surface area contributed by atoms with Gasteiger partial charge in [0, 0.05) is 5.92 Å². The van der Waals surface area contributed by atoms with E-state index >= 15 is 0 Å². The summed E-state index contributed by atoms with van der Waals surface area (Å²) in [7, 11) is 0. The second kappa shape index (κ2) is 2.22. The zero-order valence-electron chi connectivity index (χ0n) is 5.99. The Morgan fingerprint density at radius 3 is 2.50 bits per heavy atom. The third-order valence-electron chi connectivity index (χ3n) is 2.80. The van der Waals surface area contributed by atoms with Crippen LogP contribution in [-0.2, 0) is 4.79 Å². The van der Waals surface area contributed by atoms with Gasteiger partial charge >= 0.3 is 0 Å². The van der Waals surface area contributed by atoms with Gasteiger partial charge in [-0.05, 0) is 31.1 Å². The lowest BCUT2D eigenvalue weighted by molar-refractivity contribution is -0.113. The van der Waals surface area contributed by atoms with Crippen LogP contribution in [0.25, 0.3) is 0 Å². The third-order valence-corrected chi connectivity index (χ3v) is 2.80. The summed E-state index contributed by atoms with van der Waals surface area (Å²) in [4.78, 5) is 10.5. The highest BCUT2D eigenvalue weighted by Crippen LogP contribution is 2.38. The summed E-state index contributed by atoms with van der Waals surface area (Å²) in [6.45, 7) is 0. The zero-order valence-corrected chi connectivity index (χ0v) is 5.99. The Morgan fingerprint density at radius 1 is 1.30 bits per heavy atom. The molecule has 3 aliphatic rings. The van der Waals surface area contributed by atoms with Gasteiger partial charge in [-0.2, -0.15) is 0 Å². The monoisotopic (exact) mass is 136 g/mol. The van der Waals surface area contributed by atoms with Crippen LogP contribution in [0.3, 0.4) is 0 Å². The van der Waals surface area contributed by atoms with Gasteiger partial charge in [0.15, 0.2) is 0 Å². The molecule has 0 amide bonds. The number of hydrogen-bond acceptors (Lipinski definition) is 1. The summed E-state index contributed by atoms with van der Waals surface area (Å²) in [6.07, 6.45) is 9.33. The smallest absolute Gasteiger partial charge is 0.123 e. The fourth-order valence-corrected chi connectivity index (χ4v) is 2.13. The minimum Gasteiger partial charge on any atom is -0.303 e. The maximum Gasteiger partial charge on any atom is 0.123 e. The quantitative estimate of drug-likeness (QED) is 0.396. The van der Waals surface area contributed by atoms with Crippen LogP contribution >= 0.6 is 0 Å². The molecule has 0 aromatic rings. The lowest BCUT2D eigenvalue weighted by atomic mass is 9.70. The fraction of sp³-hybridized carbons (Fsp3) is 0.667. The number of aldehydes is 1. The highest BCUT2D eigenvalue weighted by molar-refractivity contribution is 5.55. The van der Waals surface area contributed by atoms with Crippen LogP contribution in [0, 0.1) is 17.8 Å². The van der Waals surface area contributed by atoms with Crippen LogP contribution in [0.4, 0.5) is 0 Å². The molecule has 0 unspecified atom stereocenters. The number of carbonyl (C=O) groups excluding carboxylic acids is 1. The molecule has 0 radical (unpaired) electrons. The average molecular weight is 136 g/mol. The first kappa shape index (κ1) is 6.14. The van der Waals surface area contributed by atoms with Gasteiger partial charge in [0.2, 0.25) is 0 Å². The molecule has 0 aliphatic heterocycles. The van der Waals surface area contributed by atoms with E-state index in [1.54, 1.807) is 0 Å². The third kappa shape index (κ3) is 0.808. The van der Waals surface area contributed by atoms with Gasteiger partial charge in [0.05, 0.1) is 0 Å². The van der Waals surface area contributed by atoms with Crippen molar-refractivity contribution in [1.82, 2.24) is 0 Å². The highest BCUT2D eigenvalue weighted by Gasteiger charge is 2.30. The van der Waals surface area contributed by atoms with Crippen molar-refractivity contribution in [3.8, 4) is 0 Å². The molecule has 10 heavy (non-hydrogen) atoms. The molecule has 1 saturated carbocycles. The molecule has 0 aromatic heterocycles. The molecule has 0 spiro atoms. The van der Waals surface area contributed by atoms with Gasteiger partial charge in [0.25, 0.3) is 0 Å². The second-order valence-corrected chi connectivity index (χ2v) is 3.42. The van der Waals surface area contributed by atoms with Crippen molar-refractivity contribution in [2.75, 3.05) is 0 Å². The van der Waals surface area contributed by atoms with Crippen LogP contribution in [0.15, 0.2) is 12.2 Å². The van der Waals surface area contributed by atoms with Crippen LogP contribution in [-0.4, -0.2) is 6.29 Å². The maximum absolute atomic E-state index is 10.5. The molecule has 0 heterocycles. The van der Waals surface area contributed by atoms with Crippen LogP contribution in [0.1, 0.15) is 19.3 Å². The van der Waals surface area contributed by atoms with Gasteiger partial charge in [-0.3, -0.25) is 0 Å². The number of hydrogen-bond donors (Lipinski definition) is 0. The normalized spacial score (nSPS) is 43.8. The lowest BCUT2D eigenvalue weighted by Gasteiger charge is -2.34. The van der Waals surface area contributed by atoms with Crippen molar-refractivity contribution in [2.45, 2.75) is 19.3 Å². The maximum atomic E-state index is 10.5. The van der Waals surface area contributed by atoms with E-state index in [0.29, 0.717) is 11.8 Å². The van der Waals surface area contributed by atoms with Crippen LogP contribution < -0.4 is 0 Å². The van der Waals surface area contributed by atoms with E-state index < -0.39 is 0 Å². The molecular weight excluding hydrogens is 124 g/mol. The number of rotatable bonds is 1. The SMILES string of the molecule is O=C[C@@H]1C[C@@H]2C=C[C@H]1CC2. The predicted molar refractivity (Wildman–Crippen MR) is 39.5 cm³/mol. The average Bonchev–Trinajstić information content (AvgIpc) is 2.06. The molecule has 3 rings (SSSR count). The van der Waals surface area contributed by atoms with Crippen LogP contribution in [0.2, 0.25) is 0 Å². The minimum absolute atomic E-state index is 0.351. The summed E-state index contributed by atoms with van der Waals surface area (Å²) < 4.78 is 0. The number of carbonyl (C=O) groups is 1. The number of allylic oxidation sites excluding steroid dienone is 2. The minimum atomic E-state index is 0.351. The van der Waals surface area contributed by atoms with E-state index in [0.717, 1.165) is 18.6 Å². The van der Waals surface area contributed by atoms with Crippen molar-refractivity contribution in [3.05, 3.63) is 12.2 Å². The second-order valence-electron chi connectivity index (χ2n) is 3.42. The van der Waals surface area contributed by atoms with Gasteiger partial charge < -0.3 is 4.79 Å². The summed E-state index contributed by atoms with van der Waals surface area (Å²) >= 11 is 0. The first-order valence-corrected chi connectivity index (χ1v) is 4.04. The van der Waals surface area contributed by atoms with Crippen molar-refractivity contribution in [3.63, 3.8) is 0 Å². The Bertz CT molecular complexity index is 172. The van der Waals surface area contributed by atoms with Crippen molar-refractivity contribution >= 4 is 6.29 Å². The summed E-state index contributed by atoms with van der Waals surface area (Å²) in [6, 6.07) is 0. The fourth-order valence-electron chi connectivity index (χ4n) is 2.13. The Labute approximate surface area is 61.1 Å². The largest absolute Gasteiger partial charge is 0.303 e. The Morgan fingerprint density at radius 2 is 2.20 bits per heavy atom. The standard InChI is InChI=1S/C9H12O/c10-6-9-5-7-1-3-8(9)4-2-7/h1,3,6-9H,2,4-5H2/t7-,8+,9+/m1/s1. The first-order valence-electron chi connectivity index (χ1n) is 4.04. The van der Waals surface area contributed by atoms with E-state index in [1.807, 2.05) is 0 Å². The molecule has 0 N–H and O–H groups in total. The Kier molecular flexibility index (Phi) is 1.37. The topological polar surface area (TPSA) is 17.1 Å². The van der Waals surface area contributed by atoms with Crippen molar-refractivity contribution < 1.29 is 4.79 Å². The molecule has 1 heteroatoms. The predicted octanol–water partition coefficient (Wildman–Crippen LogP) is 1.79. The van der Waals surface area contributed by atoms with Gasteiger partial charge in [-0.1, -0.05) is 12.2 Å². The molecule has 3 atom stereocenters. The lowest BCUT2D eigenvalue weighted by Crippen LogP contribution is -2.27. The molecule has 0 aromatic carbocycles. The molecule has 54 valence electrons. The van der Waals surface area contributed by atoms with E-state index in [-0.39, 0.29) is 0 Å². The molecule has 2 bridgehead atoms. The highest BCUT2D eigenvalue weighted by atomic mass is 16.1. The molecule has 0 saturated heterocycles. The first-order chi connectivity index (χ1) is 4.90. The summed E-state index contributed by atoms with van der Waals surface area (Å²) in [5.74, 6) is 1.66. The van der Waals surface area contributed by atoms with E-state index in [4.69, 9.17) is 0 Å². The Balaban J connectivity index is 2.18. The van der Waals surface area contributed by atoms with E-state index in [2.05, 4.69) is 12.2 Å². The molecule has 3 aliphatic carbocycles. The zero-order chi connectivity index (χ0) is 6.97. The van der Waals surface area contributed by atoms with E-state index in [1.165, 1.54) is 12.8 Å². The van der Waals surface area contributed by atoms with Crippen LogP contribution in [0.5, 0.6) is 0 Å².